The van der Waals surface area contributed by atoms with E-state index in [4.69, 9.17) is 23.2 Å². The van der Waals surface area contributed by atoms with Gasteiger partial charge in [-0.3, -0.25) is 9.78 Å². The summed E-state index contributed by atoms with van der Waals surface area (Å²) in [5, 5.41) is 3.18. The fourth-order valence-corrected chi connectivity index (χ4v) is 1.65. The molecule has 1 amide bonds. The number of carbonyl (C=O) groups excluding carboxylic acids is 1. The number of hydrogen-bond acceptors (Lipinski definition) is 2. The molecule has 0 radical (unpaired) electrons. The SMILES string of the molecule is O=C(NCCCCCCl)c1ccncc1Cl. The Hall–Kier alpha value is -0.800. The molecule has 3 nitrogen and oxygen atoms in total. The van der Waals surface area contributed by atoms with Crippen molar-refractivity contribution in [2.24, 2.45) is 0 Å². The number of amides is 1. The summed E-state index contributed by atoms with van der Waals surface area (Å²) in [6, 6.07) is 1.61. The van der Waals surface area contributed by atoms with Gasteiger partial charge in [0.05, 0.1) is 10.6 Å². The van der Waals surface area contributed by atoms with Crippen LogP contribution in [0.15, 0.2) is 18.5 Å². The monoisotopic (exact) mass is 260 g/mol. The molecule has 0 saturated carbocycles. The Morgan fingerprint density at radius 1 is 1.38 bits per heavy atom. The normalized spacial score (nSPS) is 10.1. The number of hydrogen-bond donors (Lipinski definition) is 1. The van der Waals surface area contributed by atoms with Crippen LogP contribution in [0.25, 0.3) is 0 Å². The van der Waals surface area contributed by atoms with Gasteiger partial charge in [0.2, 0.25) is 0 Å². The highest BCUT2D eigenvalue weighted by atomic mass is 35.5. The summed E-state index contributed by atoms with van der Waals surface area (Å²) >= 11 is 11.4. The molecule has 1 rings (SSSR count). The second-order valence-electron chi connectivity index (χ2n) is 3.36. The van der Waals surface area contributed by atoms with Crippen molar-refractivity contribution in [2.75, 3.05) is 12.4 Å². The smallest absolute Gasteiger partial charge is 0.252 e. The second kappa shape index (κ2) is 7.47. The van der Waals surface area contributed by atoms with Crippen LogP contribution in [0.1, 0.15) is 29.6 Å². The Morgan fingerprint density at radius 3 is 2.88 bits per heavy atom. The number of aromatic nitrogens is 1. The van der Waals surface area contributed by atoms with Crippen LogP contribution >= 0.6 is 23.2 Å². The lowest BCUT2D eigenvalue weighted by molar-refractivity contribution is 0.0953. The Balaban J connectivity index is 2.33. The minimum Gasteiger partial charge on any atom is -0.352 e. The molecule has 0 aliphatic heterocycles. The lowest BCUT2D eigenvalue weighted by Gasteiger charge is -2.05. The maximum Gasteiger partial charge on any atom is 0.252 e. The predicted octanol–water partition coefficient (Wildman–Crippen LogP) is 2.87. The predicted molar refractivity (Wildman–Crippen MR) is 66.2 cm³/mol. The van der Waals surface area contributed by atoms with Crippen LogP contribution in [0.2, 0.25) is 5.02 Å². The molecule has 0 unspecified atom stereocenters. The average Bonchev–Trinajstić information content (AvgIpc) is 2.29. The highest BCUT2D eigenvalue weighted by molar-refractivity contribution is 6.33. The van der Waals surface area contributed by atoms with E-state index in [1.54, 1.807) is 12.3 Å². The summed E-state index contributed by atoms with van der Waals surface area (Å²) in [6.45, 7) is 0.647. The molecule has 0 spiro atoms. The van der Waals surface area contributed by atoms with Crippen molar-refractivity contribution >= 4 is 29.1 Å². The zero-order chi connectivity index (χ0) is 11.8. The standard InChI is InChI=1S/C11H14Cl2N2O/c12-5-2-1-3-6-15-11(16)9-4-7-14-8-10(9)13/h4,7-8H,1-3,5-6H2,(H,15,16). The summed E-state index contributed by atoms with van der Waals surface area (Å²) in [4.78, 5) is 15.5. The van der Waals surface area contributed by atoms with Crippen LogP contribution in [0.4, 0.5) is 0 Å². The van der Waals surface area contributed by atoms with Crippen molar-refractivity contribution in [3.05, 3.63) is 29.0 Å². The molecule has 0 aromatic carbocycles. The topological polar surface area (TPSA) is 42.0 Å². The van der Waals surface area contributed by atoms with E-state index in [9.17, 15) is 4.79 Å². The van der Waals surface area contributed by atoms with Gasteiger partial charge in [-0.1, -0.05) is 18.0 Å². The van der Waals surface area contributed by atoms with E-state index in [0.717, 1.165) is 19.3 Å². The fourth-order valence-electron chi connectivity index (χ4n) is 1.25. The minimum absolute atomic E-state index is 0.154. The molecule has 0 atom stereocenters. The van der Waals surface area contributed by atoms with Crippen molar-refractivity contribution in [3.8, 4) is 0 Å². The van der Waals surface area contributed by atoms with Gasteiger partial charge in [0.25, 0.3) is 5.91 Å². The van der Waals surface area contributed by atoms with E-state index in [1.165, 1.54) is 6.20 Å². The third-order valence-corrected chi connectivity index (χ3v) is 2.68. The van der Waals surface area contributed by atoms with E-state index in [2.05, 4.69) is 10.3 Å². The van der Waals surface area contributed by atoms with Crippen LogP contribution < -0.4 is 5.32 Å². The summed E-state index contributed by atoms with van der Waals surface area (Å²) in [7, 11) is 0. The molecule has 1 aromatic rings. The first-order valence-corrected chi connectivity index (χ1v) is 6.10. The van der Waals surface area contributed by atoms with Gasteiger partial charge in [0.15, 0.2) is 0 Å². The molecule has 88 valence electrons. The number of halogens is 2. The van der Waals surface area contributed by atoms with Crippen molar-refractivity contribution in [1.29, 1.82) is 0 Å². The molecule has 1 N–H and O–H groups in total. The lowest BCUT2D eigenvalue weighted by Crippen LogP contribution is -2.24. The molecule has 0 saturated heterocycles. The van der Waals surface area contributed by atoms with Gasteiger partial charge < -0.3 is 5.32 Å². The number of pyridine rings is 1. The molecule has 0 fully saturated rings. The van der Waals surface area contributed by atoms with Gasteiger partial charge >= 0.3 is 0 Å². The van der Waals surface area contributed by atoms with Crippen molar-refractivity contribution < 1.29 is 4.79 Å². The maximum absolute atomic E-state index is 11.6. The molecular formula is C11H14Cl2N2O. The van der Waals surface area contributed by atoms with Gasteiger partial charge in [0.1, 0.15) is 0 Å². The summed E-state index contributed by atoms with van der Waals surface area (Å²) < 4.78 is 0. The number of nitrogens with zero attached hydrogens (tertiary/aromatic N) is 1. The molecule has 0 aliphatic carbocycles. The van der Waals surface area contributed by atoms with Gasteiger partial charge in [-0.05, 0) is 18.9 Å². The van der Waals surface area contributed by atoms with E-state index >= 15 is 0 Å². The van der Waals surface area contributed by atoms with Gasteiger partial charge in [0, 0.05) is 24.8 Å². The zero-order valence-corrected chi connectivity index (χ0v) is 10.4. The van der Waals surface area contributed by atoms with Crippen LogP contribution in [0.3, 0.4) is 0 Å². The molecular weight excluding hydrogens is 247 g/mol. The number of carbonyl (C=O) groups is 1. The third-order valence-electron chi connectivity index (χ3n) is 2.11. The van der Waals surface area contributed by atoms with Gasteiger partial charge in [-0.25, -0.2) is 0 Å². The van der Waals surface area contributed by atoms with Crippen LogP contribution in [0, 0.1) is 0 Å². The fraction of sp³-hybridized carbons (Fsp3) is 0.455. The molecule has 0 bridgehead atoms. The van der Waals surface area contributed by atoms with Crippen LogP contribution in [-0.4, -0.2) is 23.3 Å². The average molecular weight is 261 g/mol. The van der Waals surface area contributed by atoms with Crippen molar-refractivity contribution in [1.82, 2.24) is 10.3 Å². The zero-order valence-electron chi connectivity index (χ0n) is 8.88. The third kappa shape index (κ3) is 4.37. The molecule has 16 heavy (non-hydrogen) atoms. The van der Waals surface area contributed by atoms with Gasteiger partial charge in [-0.2, -0.15) is 0 Å². The van der Waals surface area contributed by atoms with E-state index < -0.39 is 0 Å². The van der Waals surface area contributed by atoms with Crippen LogP contribution in [0.5, 0.6) is 0 Å². The van der Waals surface area contributed by atoms with Crippen molar-refractivity contribution in [2.45, 2.75) is 19.3 Å². The first-order valence-electron chi connectivity index (χ1n) is 5.19. The van der Waals surface area contributed by atoms with E-state index in [-0.39, 0.29) is 5.91 Å². The molecule has 1 heterocycles. The molecule has 1 aromatic heterocycles. The number of rotatable bonds is 6. The highest BCUT2D eigenvalue weighted by Gasteiger charge is 2.08. The molecule has 0 aliphatic rings. The second-order valence-corrected chi connectivity index (χ2v) is 4.15. The number of unbranched alkanes of at least 4 members (excludes halogenated alkanes) is 2. The largest absolute Gasteiger partial charge is 0.352 e. The number of alkyl halides is 1. The lowest BCUT2D eigenvalue weighted by atomic mass is 10.2. The first-order chi connectivity index (χ1) is 7.75. The first kappa shape index (κ1) is 13.3. The highest BCUT2D eigenvalue weighted by Crippen LogP contribution is 2.12. The Labute approximate surface area is 105 Å². The van der Waals surface area contributed by atoms with E-state index in [0.29, 0.717) is 23.0 Å². The Morgan fingerprint density at radius 2 is 2.19 bits per heavy atom. The van der Waals surface area contributed by atoms with Gasteiger partial charge in [-0.15, -0.1) is 11.6 Å². The quantitative estimate of drug-likeness (QED) is 0.632. The van der Waals surface area contributed by atoms with Crippen LogP contribution in [-0.2, 0) is 0 Å². The summed E-state index contributed by atoms with van der Waals surface area (Å²) in [5.41, 5.74) is 0.467. The summed E-state index contributed by atoms with van der Waals surface area (Å²) in [6.07, 6.45) is 5.95. The minimum atomic E-state index is -0.154. The number of nitrogens with one attached hydrogen (secondary N) is 1. The molecule has 5 heteroatoms. The van der Waals surface area contributed by atoms with Crippen molar-refractivity contribution in [3.63, 3.8) is 0 Å². The summed E-state index contributed by atoms with van der Waals surface area (Å²) in [5.74, 6) is 0.516. The Kier molecular flexibility index (Phi) is 6.19. The maximum atomic E-state index is 11.6. The van der Waals surface area contributed by atoms with E-state index in [1.807, 2.05) is 0 Å². The Bertz CT molecular complexity index is 345.